The highest BCUT2D eigenvalue weighted by Crippen LogP contribution is 2.44. The Kier molecular flexibility index (Phi) is 6.10. The van der Waals surface area contributed by atoms with E-state index in [4.69, 9.17) is 11.3 Å². The molecule has 0 unspecified atom stereocenters. The molecule has 5 rings (SSSR count). The van der Waals surface area contributed by atoms with Gasteiger partial charge in [-0.1, -0.05) is 42.5 Å². The van der Waals surface area contributed by atoms with Crippen LogP contribution in [0.25, 0.3) is 43.8 Å². The number of allylic oxidation sites excluding steroid dienone is 2. The van der Waals surface area contributed by atoms with E-state index in [-0.39, 0.29) is 16.8 Å². The highest BCUT2D eigenvalue weighted by atomic mass is 16.5. The summed E-state index contributed by atoms with van der Waals surface area (Å²) in [5.41, 5.74) is 5.31. The Bertz CT molecular complexity index is 1740. The van der Waals surface area contributed by atoms with Gasteiger partial charge in [0.2, 0.25) is 0 Å². The Balaban J connectivity index is 1.70. The fourth-order valence-corrected chi connectivity index (χ4v) is 4.52. The van der Waals surface area contributed by atoms with Crippen molar-refractivity contribution in [1.82, 2.24) is 0 Å². The Hall–Kier alpha value is -5.79. The average Bonchev–Trinajstić information content (AvgIpc) is 2.95. The highest BCUT2D eigenvalue weighted by Gasteiger charge is 2.30. The van der Waals surface area contributed by atoms with Gasteiger partial charge in [0.15, 0.2) is 5.78 Å². The SMILES string of the molecule is [C-]#[N+]/C(C#N)=C1\C(=O)c2ccc(-c3ccc(OC=O)cc3)cc2-c2cc(-c3ccc(C(=O)O)cc3)ccc21. The summed E-state index contributed by atoms with van der Waals surface area (Å²) in [5, 5.41) is 18.8. The maximum Gasteiger partial charge on any atom is 0.335 e. The third-order valence-electron chi connectivity index (χ3n) is 6.36. The quantitative estimate of drug-likeness (QED) is 0.151. The predicted octanol–water partition coefficient (Wildman–Crippen LogP) is 6.27. The van der Waals surface area contributed by atoms with Crippen molar-refractivity contribution >= 4 is 23.8 Å². The van der Waals surface area contributed by atoms with Gasteiger partial charge in [0.25, 0.3) is 12.2 Å². The molecule has 0 saturated heterocycles. The molecular formula is C31H16N2O5. The second-order valence-electron chi connectivity index (χ2n) is 8.42. The highest BCUT2D eigenvalue weighted by molar-refractivity contribution is 6.35. The van der Waals surface area contributed by atoms with Crippen LogP contribution in [0.4, 0.5) is 0 Å². The number of rotatable bonds is 5. The smallest absolute Gasteiger partial charge is 0.335 e. The number of ether oxygens (including phenoxy) is 1. The number of fused-ring (bicyclic) bond motifs is 3. The third-order valence-corrected chi connectivity index (χ3v) is 6.36. The lowest BCUT2D eigenvalue weighted by atomic mass is 9.78. The van der Waals surface area contributed by atoms with Gasteiger partial charge in [0.05, 0.1) is 18.2 Å². The number of Topliss-reactive ketones (excluding diaryl/α,β-unsaturated/α-hetero) is 1. The fraction of sp³-hybridized carbons (Fsp3) is 0. The molecule has 0 aliphatic heterocycles. The topological polar surface area (TPSA) is 109 Å². The molecule has 0 spiro atoms. The normalized spacial score (nSPS) is 12.8. The summed E-state index contributed by atoms with van der Waals surface area (Å²) in [5.74, 6) is -1.02. The van der Waals surface area contributed by atoms with Gasteiger partial charge in [0, 0.05) is 11.1 Å². The van der Waals surface area contributed by atoms with E-state index < -0.39 is 11.8 Å². The Morgan fingerprint density at radius 3 is 1.87 bits per heavy atom. The zero-order valence-corrected chi connectivity index (χ0v) is 19.6. The molecule has 7 heteroatoms. The third kappa shape index (κ3) is 4.11. The first-order valence-electron chi connectivity index (χ1n) is 11.3. The van der Waals surface area contributed by atoms with Crippen molar-refractivity contribution in [2.45, 2.75) is 0 Å². The standard InChI is InChI=1S/C31H16N2O5/c1-33-28(16-32)29-24-12-8-21(18-2-4-20(5-3-18)31(36)37)14-26(24)27-15-22(9-13-25(27)30(29)35)19-6-10-23(11-7-19)38-17-34/h2-15,17H,(H,36,37)/b29-28-. The molecule has 38 heavy (non-hydrogen) atoms. The number of ketones is 1. The van der Waals surface area contributed by atoms with Crippen LogP contribution in [0.2, 0.25) is 0 Å². The van der Waals surface area contributed by atoms with Crippen molar-refractivity contribution in [1.29, 1.82) is 5.26 Å². The Morgan fingerprint density at radius 2 is 1.34 bits per heavy atom. The van der Waals surface area contributed by atoms with Crippen molar-refractivity contribution in [2.24, 2.45) is 0 Å². The fourth-order valence-electron chi connectivity index (χ4n) is 4.52. The van der Waals surface area contributed by atoms with Crippen molar-refractivity contribution < 1.29 is 24.2 Å². The van der Waals surface area contributed by atoms with E-state index in [9.17, 15) is 24.8 Å². The number of nitriles is 1. The zero-order valence-electron chi connectivity index (χ0n) is 19.6. The molecule has 4 aromatic carbocycles. The largest absolute Gasteiger partial charge is 0.478 e. The number of carbonyl (C=O) groups excluding carboxylic acids is 2. The number of benzene rings is 4. The summed E-state index contributed by atoms with van der Waals surface area (Å²) in [6.07, 6.45) is 0. The molecule has 180 valence electrons. The maximum atomic E-state index is 13.5. The number of carboxylic acids is 1. The Morgan fingerprint density at radius 1 is 0.816 bits per heavy atom. The van der Waals surface area contributed by atoms with Crippen molar-refractivity contribution in [3.63, 3.8) is 0 Å². The van der Waals surface area contributed by atoms with Crippen molar-refractivity contribution in [3.8, 4) is 45.2 Å². The van der Waals surface area contributed by atoms with Gasteiger partial charge < -0.3 is 9.84 Å². The molecule has 0 heterocycles. The molecule has 0 bridgehead atoms. The monoisotopic (exact) mass is 496 g/mol. The van der Waals surface area contributed by atoms with Crippen LogP contribution in [0.1, 0.15) is 26.3 Å². The minimum atomic E-state index is -1.02. The van der Waals surface area contributed by atoms with Crippen LogP contribution in [0.15, 0.2) is 90.6 Å². The molecular weight excluding hydrogens is 480 g/mol. The summed E-state index contributed by atoms with van der Waals surface area (Å²) in [6.45, 7) is 7.80. The lowest BCUT2D eigenvalue weighted by molar-refractivity contribution is -0.120. The van der Waals surface area contributed by atoms with E-state index in [2.05, 4.69) is 4.85 Å². The molecule has 0 radical (unpaired) electrons. The first-order valence-corrected chi connectivity index (χ1v) is 11.3. The van der Waals surface area contributed by atoms with Crippen LogP contribution >= 0.6 is 0 Å². The van der Waals surface area contributed by atoms with E-state index in [1.54, 1.807) is 60.7 Å². The molecule has 0 saturated carbocycles. The van der Waals surface area contributed by atoms with Gasteiger partial charge in [-0.05, 0) is 81.4 Å². The molecule has 7 nitrogen and oxygen atoms in total. The van der Waals surface area contributed by atoms with Gasteiger partial charge in [-0.3, -0.25) is 9.59 Å². The van der Waals surface area contributed by atoms with Crippen LogP contribution in [-0.2, 0) is 4.79 Å². The molecule has 1 N–H and O–H groups in total. The van der Waals surface area contributed by atoms with Crippen LogP contribution in [0.3, 0.4) is 0 Å². The van der Waals surface area contributed by atoms with Gasteiger partial charge in [0.1, 0.15) is 5.75 Å². The lowest BCUT2D eigenvalue weighted by Gasteiger charge is -2.23. The van der Waals surface area contributed by atoms with Crippen LogP contribution in [-0.4, -0.2) is 23.3 Å². The maximum absolute atomic E-state index is 13.5. The number of hydrogen-bond donors (Lipinski definition) is 1. The first kappa shape index (κ1) is 23.9. The van der Waals surface area contributed by atoms with Crippen LogP contribution in [0.5, 0.6) is 5.75 Å². The number of aromatic carboxylic acids is 1. The van der Waals surface area contributed by atoms with Crippen molar-refractivity contribution in [3.05, 3.63) is 119 Å². The van der Waals surface area contributed by atoms with Crippen molar-refractivity contribution in [2.75, 3.05) is 0 Å². The summed E-state index contributed by atoms with van der Waals surface area (Å²) < 4.78 is 4.87. The summed E-state index contributed by atoms with van der Waals surface area (Å²) in [4.78, 5) is 38.7. The van der Waals surface area contributed by atoms with Crippen LogP contribution in [0, 0.1) is 17.9 Å². The molecule has 1 aliphatic rings. The molecule has 0 atom stereocenters. The Labute approximate surface area is 217 Å². The summed E-state index contributed by atoms with van der Waals surface area (Å²) >= 11 is 0. The predicted molar refractivity (Wildman–Crippen MR) is 140 cm³/mol. The minimum Gasteiger partial charge on any atom is -0.478 e. The van der Waals surface area contributed by atoms with Crippen LogP contribution < -0.4 is 4.74 Å². The zero-order chi connectivity index (χ0) is 26.8. The molecule has 0 fully saturated rings. The molecule has 0 amide bonds. The minimum absolute atomic E-state index is 0.0564. The second kappa shape index (κ2) is 9.69. The number of carbonyl (C=O) groups is 3. The second-order valence-corrected chi connectivity index (χ2v) is 8.42. The van der Waals surface area contributed by atoms with E-state index in [0.29, 0.717) is 34.5 Å². The lowest BCUT2D eigenvalue weighted by Crippen LogP contribution is -2.13. The van der Waals surface area contributed by atoms with Gasteiger partial charge >= 0.3 is 5.97 Å². The molecule has 4 aromatic rings. The number of carboxylic acid groups (broad SMARTS) is 1. The number of nitrogens with zero attached hydrogens (tertiary/aromatic N) is 2. The molecule has 1 aliphatic carbocycles. The molecule has 0 aromatic heterocycles. The number of hydrogen-bond acceptors (Lipinski definition) is 5. The van der Waals surface area contributed by atoms with E-state index in [0.717, 1.165) is 22.3 Å². The van der Waals surface area contributed by atoms with Gasteiger partial charge in [-0.15, -0.1) is 0 Å². The first-order chi connectivity index (χ1) is 18.4. The van der Waals surface area contributed by atoms with E-state index in [1.807, 2.05) is 18.2 Å². The van der Waals surface area contributed by atoms with E-state index >= 15 is 0 Å². The summed E-state index contributed by atoms with van der Waals surface area (Å²) in [7, 11) is 0. The summed E-state index contributed by atoms with van der Waals surface area (Å²) in [6, 6.07) is 25.9. The average molecular weight is 496 g/mol. The van der Waals surface area contributed by atoms with E-state index in [1.165, 1.54) is 12.1 Å². The van der Waals surface area contributed by atoms with Gasteiger partial charge in [-0.25, -0.2) is 14.9 Å². The van der Waals surface area contributed by atoms with Gasteiger partial charge in [-0.2, -0.15) is 0 Å².